The van der Waals surface area contributed by atoms with Crippen LogP contribution in [0, 0.1) is 0 Å². The van der Waals surface area contributed by atoms with Crippen molar-refractivity contribution in [2.24, 2.45) is 0 Å². The Balaban J connectivity index is 1.45. The highest BCUT2D eigenvalue weighted by molar-refractivity contribution is 6.21. The quantitative estimate of drug-likeness (QED) is 0.826. The summed E-state index contributed by atoms with van der Waals surface area (Å²) in [6.07, 6.45) is 3.55. The van der Waals surface area contributed by atoms with Gasteiger partial charge in [0.05, 0.1) is 17.2 Å². The molecule has 0 bridgehead atoms. The first-order chi connectivity index (χ1) is 13.2. The first-order valence-electron chi connectivity index (χ1n) is 9.02. The van der Waals surface area contributed by atoms with Gasteiger partial charge in [-0.3, -0.25) is 24.3 Å². The third-order valence-electron chi connectivity index (χ3n) is 5.08. The molecule has 0 radical (unpaired) electrons. The molecule has 7 nitrogen and oxygen atoms in total. The zero-order valence-corrected chi connectivity index (χ0v) is 14.8. The lowest BCUT2D eigenvalue weighted by atomic mass is 10.0. The van der Waals surface area contributed by atoms with E-state index in [2.05, 4.69) is 10.3 Å². The Kier molecular flexibility index (Phi) is 4.68. The first kappa shape index (κ1) is 17.4. The van der Waals surface area contributed by atoms with Gasteiger partial charge in [-0.15, -0.1) is 0 Å². The summed E-state index contributed by atoms with van der Waals surface area (Å²) in [6, 6.07) is 10.5. The molecule has 3 heterocycles. The fourth-order valence-corrected chi connectivity index (χ4v) is 3.68. The number of carbonyl (C=O) groups excluding carboxylic acids is 3. The van der Waals surface area contributed by atoms with E-state index in [4.69, 9.17) is 0 Å². The van der Waals surface area contributed by atoms with Crippen molar-refractivity contribution in [2.75, 3.05) is 26.2 Å². The molecule has 1 saturated heterocycles. The Morgan fingerprint density at radius 3 is 2.41 bits per heavy atom. The molecule has 3 amide bonds. The number of pyridine rings is 1. The first-order valence-corrected chi connectivity index (χ1v) is 9.02. The van der Waals surface area contributed by atoms with Crippen molar-refractivity contribution in [3.05, 3.63) is 65.5 Å². The number of benzene rings is 1. The summed E-state index contributed by atoms with van der Waals surface area (Å²) < 4.78 is 0. The zero-order valence-electron chi connectivity index (χ0n) is 14.8. The lowest BCUT2D eigenvalue weighted by Crippen LogP contribution is -2.49. The van der Waals surface area contributed by atoms with Gasteiger partial charge in [-0.05, 0) is 29.8 Å². The van der Waals surface area contributed by atoms with Crippen LogP contribution < -0.4 is 5.32 Å². The van der Waals surface area contributed by atoms with Crippen molar-refractivity contribution in [3.8, 4) is 0 Å². The van der Waals surface area contributed by atoms with E-state index in [-0.39, 0.29) is 36.7 Å². The van der Waals surface area contributed by atoms with Crippen molar-refractivity contribution in [3.63, 3.8) is 0 Å². The summed E-state index contributed by atoms with van der Waals surface area (Å²) in [7, 11) is 0. The summed E-state index contributed by atoms with van der Waals surface area (Å²) in [5.41, 5.74) is 1.84. The van der Waals surface area contributed by atoms with Gasteiger partial charge in [0, 0.05) is 45.0 Å². The van der Waals surface area contributed by atoms with E-state index in [9.17, 15) is 14.4 Å². The number of aromatic nitrogens is 1. The van der Waals surface area contributed by atoms with Crippen LogP contribution in [0.1, 0.15) is 38.7 Å². The highest BCUT2D eigenvalue weighted by atomic mass is 16.2. The number of nitrogens with one attached hydrogen (secondary N) is 1. The summed E-state index contributed by atoms with van der Waals surface area (Å²) in [4.78, 5) is 44.8. The van der Waals surface area contributed by atoms with Crippen LogP contribution in [0.15, 0.2) is 48.8 Å². The van der Waals surface area contributed by atoms with Crippen LogP contribution in [0.2, 0.25) is 0 Å². The predicted molar refractivity (Wildman–Crippen MR) is 98.0 cm³/mol. The molecule has 1 N–H and O–H groups in total. The third kappa shape index (κ3) is 3.21. The van der Waals surface area contributed by atoms with Gasteiger partial charge in [-0.1, -0.05) is 12.1 Å². The van der Waals surface area contributed by atoms with E-state index >= 15 is 0 Å². The molecular formula is C20H20N4O3. The van der Waals surface area contributed by atoms with Crippen LogP contribution in [0.3, 0.4) is 0 Å². The molecule has 2 aliphatic rings. The minimum Gasteiger partial charge on any atom is -0.333 e. The Morgan fingerprint density at radius 1 is 1.07 bits per heavy atom. The van der Waals surface area contributed by atoms with Crippen LogP contribution in [0.5, 0.6) is 0 Å². The van der Waals surface area contributed by atoms with Crippen LogP contribution in [0.25, 0.3) is 0 Å². The molecule has 4 rings (SSSR count). The van der Waals surface area contributed by atoms with Gasteiger partial charge in [0.1, 0.15) is 0 Å². The number of amides is 3. The van der Waals surface area contributed by atoms with Gasteiger partial charge in [-0.2, -0.15) is 0 Å². The van der Waals surface area contributed by atoms with Gasteiger partial charge in [0.15, 0.2) is 0 Å². The van der Waals surface area contributed by atoms with E-state index in [1.54, 1.807) is 36.7 Å². The number of imide groups is 1. The highest BCUT2D eigenvalue weighted by Gasteiger charge is 2.36. The van der Waals surface area contributed by atoms with E-state index in [1.807, 2.05) is 17.0 Å². The lowest BCUT2D eigenvalue weighted by Gasteiger charge is -2.36. The number of nitrogens with zero attached hydrogens (tertiary/aromatic N) is 3. The molecule has 1 aromatic heterocycles. The molecule has 7 heteroatoms. The molecule has 0 unspecified atom stereocenters. The maximum absolute atomic E-state index is 12.9. The number of hydrogen-bond acceptors (Lipinski definition) is 5. The van der Waals surface area contributed by atoms with Crippen molar-refractivity contribution in [1.82, 2.24) is 20.1 Å². The normalized spacial score (nSPS) is 19.3. The highest BCUT2D eigenvalue weighted by Crippen LogP contribution is 2.25. The Hall–Kier alpha value is -3.06. The van der Waals surface area contributed by atoms with Gasteiger partial charge < -0.3 is 10.2 Å². The molecule has 138 valence electrons. The summed E-state index contributed by atoms with van der Waals surface area (Å²) in [5, 5.41) is 3.31. The minimum atomic E-state index is -0.325. The second-order valence-corrected chi connectivity index (χ2v) is 6.65. The maximum atomic E-state index is 12.9. The fraction of sp³-hybridized carbons (Fsp3) is 0.300. The molecule has 0 saturated carbocycles. The van der Waals surface area contributed by atoms with Crippen molar-refractivity contribution in [2.45, 2.75) is 12.5 Å². The monoisotopic (exact) mass is 364 g/mol. The zero-order chi connectivity index (χ0) is 18.8. The second kappa shape index (κ2) is 7.28. The van der Waals surface area contributed by atoms with E-state index in [0.29, 0.717) is 24.2 Å². The van der Waals surface area contributed by atoms with Crippen molar-refractivity contribution >= 4 is 17.7 Å². The predicted octanol–water partition coefficient (Wildman–Crippen LogP) is 1.24. The van der Waals surface area contributed by atoms with Gasteiger partial charge in [0.25, 0.3) is 11.8 Å². The molecule has 1 atom stereocenters. The topological polar surface area (TPSA) is 82.6 Å². The van der Waals surface area contributed by atoms with Crippen molar-refractivity contribution < 1.29 is 14.4 Å². The van der Waals surface area contributed by atoms with E-state index in [1.165, 1.54) is 4.90 Å². The molecule has 1 aromatic carbocycles. The fourth-order valence-electron chi connectivity index (χ4n) is 3.68. The largest absolute Gasteiger partial charge is 0.333 e. The molecule has 0 aliphatic carbocycles. The number of hydrogen-bond donors (Lipinski definition) is 1. The minimum absolute atomic E-state index is 0.0603. The van der Waals surface area contributed by atoms with Crippen LogP contribution in [-0.2, 0) is 4.79 Å². The number of piperazine rings is 1. The van der Waals surface area contributed by atoms with Crippen molar-refractivity contribution in [1.29, 1.82) is 0 Å². The molecule has 2 aromatic rings. The number of carbonyl (C=O) groups is 3. The average Bonchev–Trinajstić information content (AvgIpc) is 2.97. The molecule has 2 aliphatic heterocycles. The van der Waals surface area contributed by atoms with Crippen LogP contribution >= 0.6 is 0 Å². The number of rotatable bonds is 4. The standard InChI is InChI=1S/C20H20N4O3/c25-18(23-12-10-22-13-17(23)14-5-8-21-9-6-14)7-11-24-19(26)15-3-1-2-4-16(15)20(24)27/h1-6,8-9,17,22H,7,10-13H2/t17-/m1/s1. The smallest absolute Gasteiger partial charge is 0.261 e. The third-order valence-corrected chi connectivity index (χ3v) is 5.08. The SMILES string of the molecule is O=C1c2ccccc2C(=O)N1CCC(=O)N1CCNC[C@@H]1c1ccncc1. The van der Waals surface area contributed by atoms with Crippen LogP contribution in [0.4, 0.5) is 0 Å². The Labute approximate surface area is 157 Å². The van der Waals surface area contributed by atoms with Gasteiger partial charge in [-0.25, -0.2) is 0 Å². The Bertz CT molecular complexity index is 849. The average molecular weight is 364 g/mol. The van der Waals surface area contributed by atoms with Gasteiger partial charge >= 0.3 is 0 Å². The summed E-state index contributed by atoms with van der Waals surface area (Å²) in [5.74, 6) is -0.710. The molecule has 1 fully saturated rings. The Morgan fingerprint density at radius 2 is 1.74 bits per heavy atom. The molecule has 0 spiro atoms. The second-order valence-electron chi connectivity index (χ2n) is 6.65. The molecular weight excluding hydrogens is 344 g/mol. The summed E-state index contributed by atoms with van der Waals surface area (Å²) >= 11 is 0. The van der Waals surface area contributed by atoms with E-state index < -0.39 is 0 Å². The van der Waals surface area contributed by atoms with Crippen LogP contribution in [-0.4, -0.2) is 58.7 Å². The maximum Gasteiger partial charge on any atom is 0.261 e. The van der Waals surface area contributed by atoms with Gasteiger partial charge in [0.2, 0.25) is 5.91 Å². The summed E-state index contributed by atoms with van der Waals surface area (Å²) in [6.45, 7) is 2.08. The molecule has 27 heavy (non-hydrogen) atoms. The van der Waals surface area contributed by atoms with E-state index in [0.717, 1.165) is 12.1 Å². The lowest BCUT2D eigenvalue weighted by molar-refractivity contribution is -0.134. The number of fused-ring (bicyclic) bond motifs is 1.